The minimum absolute atomic E-state index is 0.0540. The summed E-state index contributed by atoms with van der Waals surface area (Å²) in [6, 6.07) is 12.5. The molecule has 128 valence electrons. The highest BCUT2D eigenvalue weighted by atomic mass is 32.1. The van der Waals surface area contributed by atoms with Crippen molar-refractivity contribution in [3.8, 4) is 17.5 Å². The Morgan fingerprint density at radius 1 is 1.12 bits per heavy atom. The number of non-ortho nitro benzene ring substituents is 1. The molecule has 0 fully saturated rings. The molecule has 0 atom stereocenters. The van der Waals surface area contributed by atoms with Gasteiger partial charge in [-0.15, -0.1) is 5.10 Å². The van der Waals surface area contributed by atoms with Gasteiger partial charge in [0.25, 0.3) is 11.2 Å². The van der Waals surface area contributed by atoms with Gasteiger partial charge in [0.15, 0.2) is 4.77 Å². The quantitative estimate of drug-likeness (QED) is 0.336. The summed E-state index contributed by atoms with van der Waals surface area (Å²) >= 11 is 5.23. The number of fused-ring (bicyclic) bond motifs is 1. The van der Waals surface area contributed by atoms with Gasteiger partial charge in [0.2, 0.25) is 5.89 Å². The molecule has 9 nitrogen and oxygen atoms in total. The van der Waals surface area contributed by atoms with Gasteiger partial charge in [0, 0.05) is 17.7 Å². The Labute approximate surface area is 149 Å². The Morgan fingerprint density at radius 3 is 2.58 bits per heavy atom. The number of para-hydroxylation sites is 1. The van der Waals surface area contributed by atoms with Crippen molar-refractivity contribution in [3.63, 3.8) is 0 Å². The van der Waals surface area contributed by atoms with Crippen molar-refractivity contribution in [2.45, 2.75) is 0 Å². The van der Waals surface area contributed by atoms with E-state index in [0.29, 0.717) is 16.5 Å². The Kier molecular flexibility index (Phi) is 3.66. The van der Waals surface area contributed by atoms with Crippen LogP contribution in [0.4, 0.5) is 5.69 Å². The number of benzene rings is 2. The summed E-state index contributed by atoms with van der Waals surface area (Å²) in [6.45, 7) is 0. The molecule has 4 rings (SSSR count). The number of hydrogen-bond donors (Lipinski definition) is 1. The molecule has 0 unspecified atom stereocenters. The first kappa shape index (κ1) is 15.8. The van der Waals surface area contributed by atoms with E-state index in [2.05, 4.69) is 15.2 Å². The van der Waals surface area contributed by atoms with Crippen LogP contribution in [0.15, 0.2) is 57.7 Å². The fourth-order valence-corrected chi connectivity index (χ4v) is 2.76. The molecule has 0 spiro atoms. The maximum atomic E-state index is 12.7. The third-order valence-corrected chi connectivity index (χ3v) is 4.02. The van der Waals surface area contributed by atoms with E-state index in [0.717, 1.165) is 4.57 Å². The highest BCUT2D eigenvalue weighted by Gasteiger charge is 2.15. The molecular formula is C16H9N5O4S. The summed E-state index contributed by atoms with van der Waals surface area (Å²) in [6.07, 6.45) is 0. The SMILES string of the molecule is O=c1c2ccccc2[nH]c(=S)n1-c1nnc(-c2ccc([N+](=O)[O-])cc2)o1. The topological polar surface area (TPSA) is 120 Å². The Balaban J connectivity index is 1.82. The summed E-state index contributed by atoms with van der Waals surface area (Å²) in [5.41, 5.74) is 0.650. The average molecular weight is 367 g/mol. The van der Waals surface area contributed by atoms with Crippen LogP contribution < -0.4 is 5.56 Å². The monoisotopic (exact) mass is 367 g/mol. The third kappa shape index (κ3) is 2.58. The van der Waals surface area contributed by atoms with Gasteiger partial charge in [-0.2, -0.15) is 0 Å². The number of rotatable bonds is 3. The molecule has 0 aliphatic rings. The van der Waals surface area contributed by atoms with Gasteiger partial charge in [-0.25, -0.2) is 4.57 Å². The van der Waals surface area contributed by atoms with Crippen LogP contribution in [0.1, 0.15) is 0 Å². The number of nitro groups is 1. The van der Waals surface area contributed by atoms with Crippen molar-refractivity contribution in [3.05, 3.63) is 73.8 Å². The lowest BCUT2D eigenvalue weighted by atomic mass is 10.2. The van der Waals surface area contributed by atoms with Crippen LogP contribution in [-0.2, 0) is 0 Å². The zero-order chi connectivity index (χ0) is 18.3. The number of nitrogens with zero attached hydrogens (tertiary/aromatic N) is 4. The van der Waals surface area contributed by atoms with Crippen LogP contribution in [0.5, 0.6) is 0 Å². The predicted molar refractivity (Wildman–Crippen MR) is 94.7 cm³/mol. The number of nitro benzene ring substituents is 1. The van der Waals surface area contributed by atoms with E-state index in [1.807, 2.05) is 0 Å². The van der Waals surface area contributed by atoms with E-state index in [-0.39, 0.29) is 27.9 Å². The van der Waals surface area contributed by atoms with Gasteiger partial charge in [-0.05, 0) is 36.5 Å². The number of aromatic amines is 1. The van der Waals surface area contributed by atoms with Crippen LogP contribution in [0.3, 0.4) is 0 Å². The first-order chi connectivity index (χ1) is 12.5. The van der Waals surface area contributed by atoms with E-state index in [1.165, 1.54) is 24.3 Å². The van der Waals surface area contributed by atoms with Gasteiger partial charge in [0.1, 0.15) is 0 Å². The maximum Gasteiger partial charge on any atom is 0.332 e. The fourth-order valence-electron chi connectivity index (χ4n) is 2.48. The lowest BCUT2D eigenvalue weighted by Gasteiger charge is -2.03. The number of nitrogens with one attached hydrogen (secondary N) is 1. The van der Waals surface area contributed by atoms with Gasteiger partial charge in [-0.3, -0.25) is 14.9 Å². The molecule has 1 N–H and O–H groups in total. The summed E-state index contributed by atoms with van der Waals surface area (Å²) < 4.78 is 6.78. The molecule has 0 aliphatic carbocycles. The van der Waals surface area contributed by atoms with Crippen molar-refractivity contribution >= 4 is 28.8 Å². The maximum absolute atomic E-state index is 12.7. The van der Waals surface area contributed by atoms with Crippen molar-refractivity contribution in [1.29, 1.82) is 0 Å². The molecule has 0 aliphatic heterocycles. The minimum atomic E-state index is -0.503. The van der Waals surface area contributed by atoms with E-state index >= 15 is 0 Å². The highest BCUT2D eigenvalue weighted by molar-refractivity contribution is 7.71. The van der Waals surface area contributed by atoms with E-state index < -0.39 is 4.92 Å². The Morgan fingerprint density at radius 2 is 1.85 bits per heavy atom. The molecule has 4 aromatic rings. The van der Waals surface area contributed by atoms with Crippen LogP contribution in [0.2, 0.25) is 0 Å². The predicted octanol–water partition coefficient (Wildman–Crippen LogP) is 3.01. The van der Waals surface area contributed by atoms with Gasteiger partial charge in [0.05, 0.1) is 15.8 Å². The van der Waals surface area contributed by atoms with Gasteiger partial charge >= 0.3 is 6.01 Å². The van der Waals surface area contributed by atoms with Crippen LogP contribution in [-0.4, -0.2) is 24.7 Å². The summed E-state index contributed by atoms with van der Waals surface area (Å²) in [5.74, 6) is 0.115. The average Bonchev–Trinajstić information content (AvgIpc) is 3.11. The second-order valence-corrected chi connectivity index (χ2v) is 5.70. The molecular weight excluding hydrogens is 358 g/mol. The molecule has 10 heteroatoms. The summed E-state index contributed by atoms with van der Waals surface area (Å²) in [5, 5.41) is 18.9. The Bertz CT molecular complexity index is 1260. The molecule has 2 heterocycles. The third-order valence-electron chi connectivity index (χ3n) is 3.74. The van der Waals surface area contributed by atoms with Crippen molar-refractivity contribution in [1.82, 2.24) is 19.7 Å². The Hall–Kier alpha value is -3.66. The smallest absolute Gasteiger partial charge is 0.332 e. The summed E-state index contributed by atoms with van der Waals surface area (Å²) in [4.78, 5) is 25.8. The van der Waals surface area contributed by atoms with Crippen molar-refractivity contribution in [2.24, 2.45) is 0 Å². The first-order valence-electron chi connectivity index (χ1n) is 7.37. The molecule has 0 radical (unpaired) electrons. The number of aromatic nitrogens is 4. The van der Waals surface area contributed by atoms with E-state index in [4.69, 9.17) is 16.6 Å². The van der Waals surface area contributed by atoms with Gasteiger partial charge < -0.3 is 9.40 Å². The minimum Gasteiger partial charge on any atom is -0.403 e. The van der Waals surface area contributed by atoms with Crippen LogP contribution in [0, 0.1) is 14.9 Å². The molecule has 0 bridgehead atoms. The van der Waals surface area contributed by atoms with Crippen molar-refractivity contribution in [2.75, 3.05) is 0 Å². The number of H-pyrrole nitrogens is 1. The molecule has 2 aromatic carbocycles. The second-order valence-electron chi connectivity index (χ2n) is 5.31. The molecule has 0 saturated heterocycles. The zero-order valence-corrected chi connectivity index (χ0v) is 13.8. The second kappa shape index (κ2) is 6.01. The largest absolute Gasteiger partial charge is 0.403 e. The number of hydrogen-bond acceptors (Lipinski definition) is 7. The van der Waals surface area contributed by atoms with Crippen LogP contribution >= 0.6 is 12.2 Å². The normalized spacial score (nSPS) is 10.9. The van der Waals surface area contributed by atoms with E-state index in [9.17, 15) is 14.9 Å². The fraction of sp³-hybridized carbons (Fsp3) is 0. The molecule has 0 amide bonds. The summed E-state index contributed by atoms with van der Waals surface area (Å²) in [7, 11) is 0. The lowest BCUT2D eigenvalue weighted by molar-refractivity contribution is -0.384. The van der Waals surface area contributed by atoms with E-state index in [1.54, 1.807) is 24.3 Å². The van der Waals surface area contributed by atoms with Gasteiger partial charge in [-0.1, -0.05) is 17.2 Å². The first-order valence-corrected chi connectivity index (χ1v) is 7.78. The standard InChI is InChI=1S/C16H9N5O4S/c22-14-11-3-1-2-4-12(11)17-16(26)20(14)15-19-18-13(25-15)9-5-7-10(8-6-9)21(23)24/h1-8H,(H,17,26). The molecule has 0 saturated carbocycles. The van der Waals surface area contributed by atoms with Crippen molar-refractivity contribution < 1.29 is 9.34 Å². The lowest BCUT2D eigenvalue weighted by Crippen LogP contribution is -2.20. The highest BCUT2D eigenvalue weighted by Crippen LogP contribution is 2.22. The molecule has 2 aromatic heterocycles. The van der Waals surface area contributed by atoms with Crippen LogP contribution in [0.25, 0.3) is 28.4 Å². The molecule has 26 heavy (non-hydrogen) atoms. The zero-order valence-electron chi connectivity index (χ0n) is 12.9.